The zero-order valence-electron chi connectivity index (χ0n) is 10.4. The maximum atomic E-state index is 3.30. The molecule has 0 spiro atoms. The highest BCUT2D eigenvalue weighted by Crippen LogP contribution is 2.65. The number of hydrogen-bond donors (Lipinski definition) is 0. The van der Waals surface area contributed by atoms with Crippen molar-refractivity contribution in [3.63, 3.8) is 0 Å². The summed E-state index contributed by atoms with van der Waals surface area (Å²) < 4.78 is 0. The standard InChI is InChI=1S/C14H25P/c1-13(2,3)12-11-5-9-4-10(6-11)8-14(12,15)7-9/h9-12H,4-8,15H2,1-3H3. The highest BCUT2D eigenvalue weighted by molar-refractivity contribution is 7.19. The molecule has 4 atom stereocenters. The van der Waals surface area contributed by atoms with Crippen LogP contribution in [-0.2, 0) is 0 Å². The Kier molecular flexibility index (Phi) is 2.12. The number of hydrogen-bond acceptors (Lipinski definition) is 0. The summed E-state index contributed by atoms with van der Waals surface area (Å²) in [6.45, 7) is 7.39. The molecule has 0 aromatic carbocycles. The van der Waals surface area contributed by atoms with Crippen molar-refractivity contribution in [2.75, 3.05) is 0 Å². The topological polar surface area (TPSA) is 0 Å². The molecule has 0 radical (unpaired) electrons. The molecule has 86 valence electrons. The minimum absolute atomic E-state index is 0.514. The molecule has 0 heterocycles. The van der Waals surface area contributed by atoms with Gasteiger partial charge in [-0.25, -0.2) is 0 Å². The Hall–Kier alpha value is 0.430. The van der Waals surface area contributed by atoms with Crippen LogP contribution in [0.15, 0.2) is 0 Å². The molecule has 0 amide bonds. The van der Waals surface area contributed by atoms with Crippen LogP contribution in [-0.4, -0.2) is 5.16 Å². The zero-order chi connectivity index (χ0) is 10.8. The lowest BCUT2D eigenvalue weighted by molar-refractivity contribution is -0.0626. The molecule has 4 saturated carbocycles. The highest BCUT2D eigenvalue weighted by atomic mass is 31.0. The lowest BCUT2D eigenvalue weighted by Gasteiger charge is -2.63. The second-order valence-electron chi connectivity index (χ2n) is 7.68. The van der Waals surface area contributed by atoms with Gasteiger partial charge >= 0.3 is 0 Å². The van der Waals surface area contributed by atoms with Crippen LogP contribution in [0.4, 0.5) is 0 Å². The fourth-order valence-electron chi connectivity index (χ4n) is 5.67. The first-order valence-electron chi connectivity index (χ1n) is 6.67. The third-order valence-corrected chi connectivity index (χ3v) is 6.13. The maximum absolute atomic E-state index is 3.30. The van der Waals surface area contributed by atoms with Crippen LogP contribution < -0.4 is 0 Å². The summed E-state index contributed by atoms with van der Waals surface area (Å²) in [4.78, 5) is 0. The van der Waals surface area contributed by atoms with E-state index in [-0.39, 0.29) is 0 Å². The largest absolute Gasteiger partial charge is 0.131 e. The lowest BCUT2D eigenvalue weighted by Crippen LogP contribution is -2.57. The lowest BCUT2D eigenvalue weighted by atomic mass is 9.47. The Morgan fingerprint density at radius 2 is 1.53 bits per heavy atom. The molecule has 0 aliphatic heterocycles. The van der Waals surface area contributed by atoms with E-state index in [1.165, 1.54) is 12.8 Å². The molecule has 0 aromatic rings. The van der Waals surface area contributed by atoms with Gasteiger partial charge < -0.3 is 0 Å². The van der Waals surface area contributed by atoms with E-state index in [4.69, 9.17) is 0 Å². The summed E-state index contributed by atoms with van der Waals surface area (Å²) in [6, 6.07) is 0. The van der Waals surface area contributed by atoms with Gasteiger partial charge in [-0.3, -0.25) is 0 Å². The van der Waals surface area contributed by atoms with E-state index in [0.29, 0.717) is 10.6 Å². The maximum Gasteiger partial charge on any atom is -0.0109 e. The summed E-state index contributed by atoms with van der Waals surface area (Å²) in [7, 11) is 3.30. The van der Waals surface area contributed by atoms with Crippen molar-refractivity contribution in [1.29, 1.82) is 0 Å². The predicted molar refractivity (Wildman–Crippen MR) is 68.9 cm³/mol. The smallest absolute Gasteiger partial charge is 0.0109 e. The van der Waals surface area contributed by atoms with Crippen LogP contribution >= 0.6 is 9.24 Å². The molecule has 0 saturated heterocycles. The molecule has 4 aliphatic rings. The summed E-state index contributed by atoms with van der Waals surface area (Å²) in [5, 5.41) is 0.618. The van der Waals surface area contributed by atoms with Gasteiger partial charge in [-0.2, -0.15) is 0 Å². The van der Waals surface area contributed by atoms with Gasteiger partial charge in [-0.05, 0) is 66.3 Å². The first-order chi connectivity index (χ1) is 6.88. The quantitative estimate of drug-likeness (QED) is 0.543. The van der Waals surface area contributed by atoms with Gasteiger partial charge in [0.2, 0.25) is 0 Å². The van der Waals surface area contributed by atoms with Crippen molar-refractivity contribution in [1.82, 2.24) is 0 Å². The Morgan fingerprint density at radius 1 is 1.00 bits per heavy atom. The molecule has 0 N–H and O–H groups in total. The van der Waals surface area contributed by atoms with Crippen molar-refractivity contribution in [3.8, 4) is 0 Å². The summed E-state index contributed by atoms with van der Waals surface area (Å²) in [6.07, 6.45) is 7.67. The second-order valence-corrected chi connectivity index (χ2v) is 8.83. The molecule has 15 heavy (non-hydrogen) atoms. The van der Waals surface area contributed by atoms with Crippen molar-refractivity contribution in [2.45, 2.75) is 58.0 Å². The van der Waals surface area contributed by atoms with E-state index >= 15 is 0 Å². The van der Waals surface area contributed by atoms with Gasteiger partial charge in [0.1, 0.15) is 0 Å². The van der Waals surface area contributed by atoms with Gasteiger partial charge in [-0.15, -0.1) is 9.24 Å². The van der Waals surface area contributed by atoms with Crippen molar-refractivity contribution >= 4 is 9.24 Å². The van der Waals surface area contributed by atoms with E-state index in [1.807, 2.05) is 0 Å². The van der Waals surface area contributed by atoms with Gasteiger partial charge in [0.05, 0.1) is 0 Å². The van der Waals surface area contributed by atoms with Gasteiger partial charge in [0.15, 0.2) is 0 Å². The van der Waals surface area contributed by atoms with E-state index in [1.54, 1.807) is 19.3 Å². The molecule has 4 aliphatic carbocycles. The minimum atomic E-state index is 0.514. The van der Waals surface area contributed by atoms with Crippen LogP contribution in [0, 0.1) is 29.1 Å². The van der Waals surface area contributed by atoms with Crippen molar-refractivity contribution in [2.24, 2.45) is 29.1 Å². The Morgan fingerprint density at radius 3 is 1.93 bits per heavy atom. The van der Waals surface area contributed by atoms with E-state index < -0.39 is 0 Å². The average molecular weight is 224 g/mol. The SMILES string of the molecule is CC(C)(C)C1C2CC3CC(C2)CC1(P)C3. The fourth-order valence-corrected chi connectivity index (χ4v) is 7.11. The highest BCUT2D eigenvalue weighted by Gasteiger charge is 2.57. The van der Waals surface area contributed by atoms with Crippen molar-refractivity contribution < 1.29 is 0 Å². The predicted octanol–water partition coefficient (Wildman–Crippen LogP) is 4.10. The molecule has 4 bridgehead atoms. The molecule has 4 rings (SSSR count). The van der Waals surface area contributed by atoms with Crippen LogP contribution in [0.3, 0.4) is 0 Å². The van der Waals surface area contributed by atoms with Gasteiger partial charge in [0.25, 0.3) is 0 Å². The first-order valence-corrected chi connectivity index (χ1v) is 7.25. The second kappa shape index (κ2) is 3.00. The third-order valence-electron chi connectivity index (χ3n) is 5.30. The third kappa shape index (κ3) is 1.51. The van der Waals surface area contributed by atoms with E-state index in [9.17, 15) is 0 Å². The normalized spacial score (nSPS) is 53.6. The Bertz CT molecular complexity index is 262. The molecule has 0 nitrogen and oxygen atoms in total. The molecule has 4 unspecified atom stereocenters. The Balaban J connectivity index is 1.96. The van der Waals surface area contributed by atoms with Crippen molar-refractivity contribution in [3.05, 3.63) is 0 Å². The van der Waals surface area contributed by atoms with Crippen LogP contribution in [0.1, 0.15) is 52.9 Å². The van der Waals surface area contributed by atoms with Crippen LogP contribution in [0.25, 0.3) is 0 Å². The van der Waals surface area contributed by atoms with Gasteiger partial charge in [0, 0.05) is 0 Å². The molecule has 1 heteroatoms. The minimum Gasteiger partial charge on any atom is -0.131 e. The van der Waals surface area contributed by atoms with E-state index in [2.05, 4.69) is 30.0 Å². The zero-order valence-corrected chi connectivity index (χ0v) is 11.6. The summed E-state index contributed by atoms with van der Waals surface area (Å²) >= 11 is 0. The molecular formula is C14H25P. The average Bonchev–Trinajstić information content (AvgIpc) is 1.94. The monoisotopic (exact) mass is 224 g/mol. The number of rotatable bonds is 0. The van der Waals surface area contributed by atoms with E-state index in [0.717, 1.165) is 23.7 Å². The molecule has 4 fully saturated rings. The van der Waals surface area contributed by atoms with Crippen LogP contribution in [0.5, 0.6) is 0 Å². The summed E-state index contributed by atoms with van der Waals surface area (Å²) in [5.41, 5.74) is 0.514. The summed E-state index contributed by atoms with van der Waals surface area (Å²) in [5.74, 6) is 4.17. The fraction of sp³-hybridized carbons (Fsp3) is 1.00. The molecule has 0 aromatic heterocycles. The molecular weight excluding hydrogens is 199 g/mol. The first kappa shape index (κ1) is 10.6. The Labute approximate surface area is 96.8 Å². The van der Waals surface area contributed by atoms with Crippen LogP contribution in [0.2, 0.25) is 0 Å². The van der Waals surface area contributed by atoms with Gasteiger partial charge in [-0.1, -0.05) is 20.8 Å².